The number of aromatic hydroxyl groups is 2. The fraction of sp³-hybridized carbons (Fsp3) is 0.200. The molecule has 0 aromatic heterocycles. The molecule has 0 radical (unpaired) electrons. The number of nitrogen functional groups attached to an aromatic ring is 1. The number of carboxylic acid groups (broad SMARTS) is 1. The molecule has 0 saturated carbocycles. The van der Waals surface area contributed by atoms with Crippen LogP contribution < -0.4 is 42.6 Å². The van der Waals surface area contributed by atoms with Crippen LogP contribution in [0.25, 0.3) is 22.3 Å². The maximum Gasteiger partial charge on any atom is 0.407 e. The van der Waals surface area contributed by atoms with Crippen LogP contribution in [0.1, 0.15) is 75.5 Å². The van der Waals surface area contributed by atoms with E-state index in [9.17, 15) is 48.6 Å². The van der Waals surface area contributed by atoms with Crippen molar-refractivity contribution in [2.24, 2.45) is 11.5 Å². The van der Waals surface area contributed by atoms with Gasteiger partial charge in [0, 0.05) is 24.9 Å². The van der Waals surface area contributed by atoms with Crippen molar-refractivity contribution in [1.29, 1.82) is 0 Å². The highest BCUT2D eigenvalue weighted by Gasteiger charge is 2.31. The molecule has 0 aliphatic heterocycles. The molecular weight excluding hydrogens is 1230 g/mol. The van der Waals surface area contributed by atoms with Gasteiger partial charge in [0.1, 0.15) is 49.1 Å². The Bertz CT molecular complexity index is 3930. The van der Waals surface area contributed by atoms with E-state index >= 15 is 0 Å². The van der Waals surface area contributed by atoms with E-state index in [1.165, 1.54) is 58.7 Å². The van der Waals surface area contributed by atoms with Crippen molar-refractivity contribution in [2.75, 3.05) is 90.2 Å². The second-order valence-corrected chi connectivity index (χ2v) is 20.7. The maximum atomic E-state index is 12.4. The third-order valence-electron chi connectivity index (χ3n) is 14.4. The summed E-state index contributed by atoms with van der Waals surface area (Å²) in [6.45, 7) is 1.45. The number of benzene rings is 8. The lowest BCUT2D eigenvalue weighted by Gasteiger charge is -2.14. The zero-order chi connectivity index (χ0) is 67.6. The monoisotopic (exact) mass is 1300 g/mol. The number of anilines is 2. The van der Waals surface area contributed by atoms with Crippen molar-refractivity contribution < 1.29 is 91.6 Å². The number of alkyl carbamates (subject to hydrolysis) is 2. The second-order valence-electron chi connectivity index (χ2n) is 20.7. The lowest BCUT2D eigenvalue weighted by molar-refractivity contribution is -0.142. The summed E-state index contributed by atoms with van der Waals surface area (Å²) in [7, 11) is 0. The first-order chi connectivity index (χ1) is 46.0. The molecule has 0 bridgehead atoms. The number of hydrogen-bond donors (Lipinski definition) is 9. The molecule has 0 atom stereocenters. The number of aliphatic carboxylic acids is 1. The zero-order valence-electron chi connectivity index (χ0n) is 51.1. The van der Waals surface area contributed by atoms with Crippen LogP contribution in [0.5, 0.6) is 23.0 Å². The number of nitrogens with two attached hydrogens (primary N) is 3. The smallest absolute Gasteiger partial charge is 0.407 e. The molecule has 0 saturated heterocycles. The van der Waals surface area contributed by atoms with Crippen molar-refractivity contribution in [3.8, 4) is 45.3 Å². The van der Waals surface area contributed by atoms with E-state index in [0.717, 1.165) is 22.3 Å². The Kier molecular flexibility index (Phi) is 25.3. The molecule has 492 valence electrons. The van der Waals surface area contributed by atoms with Gasteiger partial charge in [-0.15, -0.1) is 0 Å². The lowest BCUT2D eigenvalue weighted by Crippen LogP contribution is -2.29. The summed E-state index contributed by atoms with van der Waals surface area (Å²) in [6, 6.07) is 53.9. The third-order valence-corrected chi connectivity index (χ3v) is 14.4. The van der Waals surface area contributed by atoms with Crippen LogP contribution in [0.2, 0.25) is 0 Å². The fourth-order valence-electron chi connectivity index (χ4n) is 10.1. The van der Waals surface area contributed by atoms with Crippen molar-refractivity contribution in [3.05, 3.63) is 226 Å². The Labute approximate surface area is 544 Å². The normalized spacial score (nSPS) is 11.5. The summed E-state index contributed by atoms with van der Waals surface area (Å²) in [6.07, 6.45) is -1.04. The number of phenols is 2. The van der Waals surface area contributed by atoms with Gasteiger partial charge in [0.15, 0.2) is 11.5 Å². The van der Waals surface area contributed by atoms with Crippen LogP contribution in [0.4, 0.5) is 21.0 Å². The highest BCUT2D eigenvalue weighted by Crippen LogP contribution is 2.46. The first-order valence-corrected chi connectivity index (χ1v) is 29.6. The van der Waals surface area contributed by atoms with Gasteiger partial charge >= 0.3 is 30.1 Å². The summed E-state index contributed by atoms with van der Waals surface area (Å²) in [5.74, 6) is -6.63. The van der Waals surface area contributed by atoms with Gasteiger partial charge in [-0.05, 0) is 93.0 Å². The second kappa shape index (κ2) is 34.7. The molecule has 0 spiro atoms. The number of esters is 2. The minimum absolute atomic E-state index is 0.0285. The quantitative estimate of drug-likeness (QED) is 0.00770. The maximum absolute atomic E-state index is 12.4. The topological polar surface area (TPSA) is 385 Å². The molecule has 0 unspecified atom stereocenters. The number of carbonyl (C=O) groups is 8. The Morgan fingerprint density at radius 2 is 0.789 bits per heavy atom. The van der Waals surface area contributed by atoms with Crippen LogP contribution >= 0.6 is 0 Å². The fourth-order valence-corrected chi connectivity index (χ4v) is 10.1. The molecule has 0 heterocycles. The number of nitrogens with one attached hydrogen (secondary N) is 3. The predicted octanol–water partition coefficient (Wildman–Crippen LogP) is 8.16. The Morgan fingerprint density at radius 3 is 1.20 bits per heavy atom. The number of rotatable bonds is 27. The van der Waals surface area contributed by atoms with Gasteiger partial charge in [-0.1, -0.05) is 133 Å². The number of ether oxygens (including phenoxy) is 8. The van der Waals surface area contributed by atoms with Gasteiger partial charge < -0.3 is 86.4 Å². The number of carbonyl (C=O) groups excluding carboxylic acids is 7. The number of hydrogen-bond acceptors (Lipinski definition) is 19. The Morgan fingerprint density at radius 1 is 0.421 bits per heavy atom. The van der Waals surface area contributed by atoms with E-state index in [0.29, 0.717) is 18.7 Å². The van der Waals surface area contributed by atoms with E-state index in [1.54, 1.807) is 48.5 Å². The number of primary amides is 2. The highest BCUT2D eigenvalue weighted by atomic mass is 16.6. The lowest BCUT2D eigenvalue weighted by atomic mass is 9.98. The van der Waals surface area contributed by atoms with Crippen LogP contribution in [-0.2, 0) is 38.0 Å². The minimum Gasteiger partial charge on any atom is -0.505 e. The largest absolute Gasteiger partial charge is 0.505 e. The molecule has 2 aliphatic rings. The minimum atomic E-state index is -1.06. The number of amides is 5. The molecule has 8 aromatic rings. The van der Waals surface area contributed by atoms with Crippen LogP contribution in [0.3, 0.4) is 0 Å². The molecule has 95 heavy (non-hydrogen) atoms. The first kappa shape index (κ1) is 69.3. The third kappa shape index (κ3) is 19.2. The first-order valence-electron chi connectivity index (χ1n) is 29.6. The summed E-state index contributed by atoms with van der Waals surface area (Å²) < 4.78 is 42.0. The van der Waals surface area contributed by atoms with Crippen LogP contribution in [-0.4, -0.2) is 142 Å². The van der Waals surface area contributed by atoms with Gasteiger partial charge in [-0.3, -0.25) is 14.4 Å². The van der Waals surface area contributed by atoms with Gasteiger partial charge in [0.25, 0.3) is 11.8 Å². The summed E-state index contributed by atoms with van der Waals surface area (Å²) in [5.41, 5.74) is 24.9. The molecule has 2 aliphatic carbocycles. The molecular formula is C70H68N6O19. The molecule has 12 N–H and O–H groups in total. The van der Waals surface area contributed by atoms with Gasteiger partial charge in [0.2, 0.25) is 5.91 Å². The van der Waals surface area contributed by atoms with Crippen LogP contribution in [0.15, 0.2) is 182 Å². The van der Waals surface area contributed by atoms with Gasteiger partial charge in [-0.2, -0.15) is 0 Å². The highest BCUT2D eigenvalue weighted by molar-refractivity contribution is 6.04. The Balaban J connectivity index is 0.000000203. The Hall–Kier alpha value is -11.6. The zero-order valence-corrected chi connectivity index (χ0v) is 51.1. The van der Waals surface area contributed by atoms with E-state index in [-0.39, 0.29) is 112 Å². The summed E-state index contributed by atoms with van der Waals surface area (Å²) in [5, 5.41) is 36.4. The average Bonchev–Trinajstić information content (AvgIpc) is 1.65. The molecule has 25 heteroatoms. The van der Waals surface area contributed by atoms with Crippen molar-refractivity contribution in [3.63, 3.8) is 0 Å². The van der Waals surface area contributed by atoms with E-state index in [4.69, 9.17) is 60.2 Å². The van der Waals surface area contributed by atoms with E-state index in [1.807, 2.05) is 48.5 Å². The predicted molar refractivity (Wildman–Crippen MR) is 346 cm³/mol. The average molecular weight is 1300 g/mol. The molecule has 5 amide bonds. The van der Waals surface area contributed by atoms with Crippen molar-refractivity contribution >= 4 is 59.2 Å². The van der Waals surface area contributed by atoms with Crippen molar-refractivity contribution in [1.82, 2.24) is 10.6 Å². The van der Waals surface area contributed by atoms with Crippen molar-refractivity contribution in [2.45, 2.75) is 11.8 Å². The molecule has 25 nitrogen and oxygen atoms in total. The van der Waals surface area contributed by atoms with Gasteiger partial charge in [-0.25, -0.2) is 24.0 Å². The molecule has 8 aromatic carbocycles. The number of fused-ring (bicyclic) bond motifs is 6. The van der Waals surface area contributed by atoms with E-state index in [2.05, 4.69) is 64.5 Å². The number of carboxylic acids is 1. The standard InChI is InChI=1S/C35H33N3O9.C21H23NO6.C14H12N2O4/c36-33(41)31-29(47-34(42)22-8-2-1-3-9-22)15-14-28(32(31)40)38-30(39)21-45-19-18-44-17-16-37-35(43)46-20-27-25-12-6-4-10-23(25)24-11-5-7-13-26(24)27;23-20(24)14-27-12-11-26-10-9-22-21(25)28-13-19-17-7-3-1-5-15(17)16-6-2-4-8-18(16)19;15-9-6-7-10(11(12(9)17)13(16)18)20-14(19)8-4-2-1-3-5-8/h1-15,27,40H,16-21H2,(H2,36,41)(H,37,43)(H,38,39);1-8,19H,9-14H2,(H,22,25)(H,23,24);1-7,17H,15H2,(H2,16,18). The SMILES string of the molecule is NC(=O)c1c(OC(=O)c2ccccc2)ccc(N)c1O.NC(=O)c1c(OC(=O)c2ccccc2)ccc(NC(=O)COCCOCCNC(=O)OCC2c3ccccc3-c3ccccc32)c1O.O=C(O)COCCOCCNC(=O)OCC1c2ccccc2-c2ccccc21. The van der Waals surface area contributed by atoms with E-state index < -0.39 is 64.9 Å². The van der Waals surface area contributed by atoms with Gasteiger partial charge in [0.05, 0.1) is 62.1 Å². The summed E-state index contributed by atoms with van der Waals surface area (Å²) >= 11 is 0. The molecule has 0 fully saturated rings. The summed E-state index contributed by atoms with van der Waals surface area (Å²) in [4.78, 5) is 94.5. The molecule has 10 rings (SSSR count). The van der Waals surface area contributed by atoms with Crippen LogP contribution in [0, 0.1) is 0 Å².